The zero-order chi connectivity index (χ0) is 23.0. The second kappa shape index (κ2) is 8.16. The minimum Gasteiger partial charge on any atom is -0.383 e. The lowest BCUT2D eigenvalue weighted by atomic mass is 10.1. The Balaban J connectivity index is 1.61. The Kier molecular flexibility index (Phi) is 5.52. The van der Waals surface area contributed by atoms with Gasteiger partial charge in [-0.15, -0.1) is 0 Å². The maximum Gasteiger partial charge on any atom is 0.416 e. The number of aromatic nitrogens is 3. The van der Waals surface area contributed by atoms with E-state index in [0.717, 1.165) is 34.2 Å². The third-order valence-corrected chi connectivity index (χ3v) is 5.21. The van der Waals surface area contributed by atoms with Gasteiger partial charge in [-0.05, 0) is 47.9 Å². The topological polar surface area (TPSA) is 82.9 Å². The molecule has 4 aromatic rings. The van der Waals surface area contributed by atoms with Crippen molar-refractivity contribution in [3.05, 3.63) is 66.6 Å². The van der Waals surface area contributed by atoms with Crippen LogP contribution < -0.4 is 5.32 Å². The number of halogens is 3. The SMILES string of the molecule is CC(C)C(O)C(=O)Nc1c[nH]c2ccc(-c3cnn(-c4ccc(C(F)(F)F)cc4)c3)cc12. The van der Waals surface area contributed by atoms with Crippen LogP contribution in [0.25, 0.3) is 27.7 Å². The number of H-pyrrole nitrogens is 1. The number of benzene rings is 2. The third kappa shape index (κ3) is 4.24. The number of nitrogens with one attached hydrogen (secondary N) is 2. The van der Waals surface area contributed by atoms with Crippen LogP contribution in [-0.4, -0.2) is 31.9 Å². The average Bonchev–Trinajstić information content (AvgIpc) is 3.40. The molecule has 0 aliphatic rings. The highest BCUT2D eigenvalue weighted by atomic mass is 19.4. The van der Waals surface area contributed by atoms with E-state index in [1.165, 1.54) is 16.8 Å². The number of alkyl halides is 3. The molecule has 0 saturated carbocycles. The summed E-state index contributed by atoms with van der Waals surface area (Å²) in [6.45, 7) is 3.51. The second-order valence-electron chi connectivity index (χ2n) is 7.86. The zero-order valence-electron chi connectivity index (χ0n) is 17.3. The van der Waals surface area contributed by atoms with E-state index in [1.807, 2.05) is 18.2 Å². The van der Waals surface area contributed by atoms with Gasteiger partial charge in [-0.1, -0.05) is 19.9 Å². The maximum atomic E-state index is 12.8. The number of amides is 1. The van der Waals surface area contributed by atoms with Crippen molar-refractivity contribution >= 4 is 22.5 Å². The molecule has 0 aliphatic carbocycles. The fourth-order valence-corrected chi connectivity index (χ4v) is 3.33. The zero-order valence-corrected chi connectivity index (χ0v) is 17.3. The van der Waals surface area contributed by atoms with Crippen molar-refractivity contribution in [1.29, 1.82) is 0 Å². The molecule has 1 amide bonds. The molecule has 2 aromatic carbocycles. The predicted molar refractivity (Wildman–Crippen MR) is 115 cm³/mol. The normalized spacial score (nSPS) is 13.0. The lowest BCUT2D eigenvalue weighted by molar-refractivity contribution is -0.137. The summed E-state index contributed by atoms with van der Waals surface area (Å²) < 4.78 is 39.8. The van der Waals surface area contributed by atoms with Crippen LogP contribution in [0.5, 0.6) is 0 Å². The minimum absolute atomic E-state index is 0.216. The van der Waals surface area contributed by atoms with Crippen LogP contribution in [0.4, 0.5) is 18.9 Å². The first-order valence-corrected chi connectivity index (χ1v) is 9.96. The van der Waals surface area contributed by atoms with Crippen molar-refractivity contribution in [2.75, 3.05) is 5.32 Å². The molecule has 1 atom stereocenters. The standard InChI is InChI=1S/C23H21F3N4O2/c1-13(2)21(31)22(32)29-20-11-27-19-8-3-14(9-18(19)20)15-10-28-30(12-15)17-6-4-16(5-7-17)23(24,25)26/h3-13,21,27,31H,1-2H3,(H,29,32). The fraction of sp³-hybridized carbons (Fsp3) is 0.217. The van der Waals surface area contributed by atoms with E-state index in [2.05, 4.69) is 15.4 Å². The summed E-state index contributed by atoms with van der Waals surface area (Å²) in [4.78, 5) is 15.3. The molecule has 6 nitrogen and oxygen atoms in total. The number of rotatable bonds is 5. The molecule has 9 heteroatoms. The van der Waals surface area contributed by atoms with Gasteiger partial charge in [0.2, 0.25) is 0 Å². The molecule has 0 saturated heterocycles. The highest BCUT2D eigenvalue weighted by molar-refractivity contribution is 6.04. The Labute approximate surface area is 181 Å². The molecule has 2 heterocycles. The predicted octanol–water partition coefficient (Wildman–Crippen LogP) is 4.99. The van der Waals surface area contributed by atoms with E-state index in [9.17, 15) is 23.1 Å². The minimum atomic E-state index is -4.39. The van der Waals surface area contributed by atoms with Gasteiger partial charge in [-0.3, -0.25) is 4.79 Å². The fourth-order valence-electron chi connectivity index (χ4n) is 3.33. The first-order valence-electron chi connectivity index (χ1n) is 9.96. The molecule has 0 radical (unpaired) electrons. The van der Waals surface area contributed by atoms with Crippen LogP contribution in [-0.2, 0) is 11.0 Å². The Morgan fingerprint density at radius 3 is 2.50 bits per heavy atom. The lowest BCUT2D eigenvalue weighted by Crippen LogP contribution is -2.31. The first-order chi connectivity index (χ1) is 15.1. The second-order valence-corrected chi connectivity index (χ2v) is 7.86. The number of anilines is 1. The Morgan fingerprint density at radius 2 is 1.84 bits per heavy atom. The van der Waals surface area contributed by atoms with Crippen molar-refractivity contribution in [2.24, 2.45) is 5.92 Å². The number of carbonyl (C=O) groups excluding carboxylic acids is 1. The molecule has 3 N–H and O–H groups in total. The van der Waals surface area contributed by atoms with E-state index in [1.54, 1.807) is 32.4 Å². The largest absolute Gasteiger partial charge is 0.416 e. The van der Waals surface area contributed by atoms with E-state index >= 15 is 0 Å². The first kappa shape index (κ1) is 21.6. The molecule has 166 valence electrons. The van der Waals surface area contributed by atoms with Gasteiger partial charge >= 0.3 is 6.18 Å². The van der Waals surface area contributed by atoms with Gasteiger partial charge in [0.15, 0.2) is 0 Å². The van der Waals surface area contributed by atoms with Crippen LogP contribution in [0.1, 0.15) is 19.4 Å². The van der Waals surface area contributed by atoms with Gasteiger partial charge in [0.25, 0.3) is 5.91 Å². The van der Waals surface area contributed by atoms with Gasteiger partial charge in [0.1, 0.15) is 6.10 Å². The van der Waals surface area contributed by atoms with Gasteiger partial charge in [0.05, 0.1) is 23.1 Å². The molecular weight excluding hydrogens is 421 g/mol. The molecule has 32 heavy (non-hydrogen) atoms. The van der Waals surface area contributed by atoms with Crippen LogP contribution in [0, 0.1) is 5.92 Å². The number of fused-ring (bicyclic) bond motifs is 1. The number of hydrogen-bond donors (Lipinski definition) is 3. The van der Waals surface area contributed by atoms with E-state index in [0.29, 0.717) is 11.4 Å². The Hall–Kier alpha value is -3.59. The van der Waals surface area contributed by atoms with Gasteiger partial charge < -0.3 is 15.4 Å². The van der Waals surface area contributed by atoms with Crippen molar-refractivity contribution in [3.63, 3.8) is 0 Å². The molecule has 4 rings (SSSR count). The number of nitrogens with zero attached hydrogens (tertiary/aromatic N) is 2. The number of carbonyl (C=O) groups is 1. The summed E-state index contributed by atoms with van der Waals surface area (Å²) in [5, 5.41) is 17.7. The molecule has 2 aromatic heterocycles. The summed E-state index contributed by atoms with van der Waals surface area (Å²) >= 11 is 0. The summed E-state index contributed by atoms with van der Waals surface area (Å²) in [5.41, 5.74) is 2.70. The van der Waals surface area contributed by atoms with Crippen LogP contribution >= 0.6 is 0 Å². The molecule has 0 spiro atoms. The number of aliphatic hydroxyl groups is 1. The lowest BCUT2D eigenvalue weighted by Gasteiger charge is -2.13. The average molecular weight is 442 g/mol. The summed E-state index contributed by atoms with van der Waals surface area (Å²) in [7, 11) is 0. The molecule has 0 fully saturated rings. The Bertz CT molecular complexity index is 1260. The van der Waals surface area contributed by atoms with Crippen LogP contribution in [0.2, 0.25) is 0 Å². The van der Waals surface area contributed by atoms with Crippen molar-refractivity contribution < 1.29 is 23.1 Å². The number of aliphatic hydroxyl groups excluding tert-OH is 1. The highest BCUT2D eigenvalue weighted by Crippen LogP contribution is 2.31. The Morgan fingerprint density at radius 1 is 1.12 bits per heavy atom. The quantitative estimate of drug-likeness (QED) is 0.407. The van der Waals surface area contributed by atoms with E-state index in [4.69, 9.17) is 0 Å². The van der Waals surface area contributed by atoms with E-state index < -0.39 is 23.8 Å². The van der Waals surface area contributed by atoms with Crippen molar-refractivity contribution in [1.82, 2.24) is 14.8 Å². The van der Waals surface area contributed by atoms with Crippen LogP contribution in [0.15, 0.2) is 61.1 Å². The molecule has 1 unspecified atom stereocenters. The summed E-state index contributed by atoms with van der Waals surface area (Å²) in [6, 6.07) is 10.4. The maximum absolute atomic E-state index is 12.8. The molecule has 0 aliphatic heterocycles. The number of aromatic amines is 1. The molecule has 0 bridgehead atoms. The van der Waals surface area contributed by atoms with Crippen LogP contribution in [0.3, 0.4) is 0 Å². The van der Waals surface area contributed by atoms with Gasteiger partial charge in [-0.2, -0.15) is 18.3 Å². The van der Waals surface area contributed by atoms with Gasteiger partial charge in [0, 0.05) is 28.9 Å². The van der Waals surface area contributed by atoms with E-state index in [-0.39, 0.29) is 5.92 Å². The monoisotopic (exact) mass is 442 g/mol. The number of hydrogen-bond acceptors (Lipinski definition) is 3. The molecular formula is C23H21F3N4O2. The summed E-state index contributed by atoms with van der Waals surface area (Å²) in [6.07, 6.45) is -0.517. The summed E-state index contributed by atoms with van der Waals surface area (Å²) in [5.74, 6) is -0.701. The van der Waals surface area contributed by atoms with Gasteiger partial charge in [-0.25, -0.2) is 4.68 Å². The van der Waals surface area contributed by atoms with Crippen molar-refractivity contribution in [3.8, 4) is 16.8 Å². The smallest absolute Gasteiger partial charge is 0.383 e. The van der Waals surface area contributed by atoms with Crippen molar-refractivity contribution in [2.45, 2.75) is 26.1 Å². The highest BCUT2D eigenvalue weighted by Gasteiger charge is 2.30. The third-order valence-electron chi connectivity index (χ3n) is 5.21.